The average molecular weight is 288 g/mol. The molecule has 0 fully saturated rings. The van der Waals surface area contributed by atoms with Crippen molar-refractivity contribution in [2.24, 2.45) is 5.41 Å². The lowest BCUT2D eigenvalue weighted by molar-refractivity contribution is -0.149. The van der Waals surface area contributed by atoms with Crippen molar-refractivity contribution in [2.75, 3.05) is 27.2 Å². The molecule has 0 bridgehead atoms. The molecular formula is C13H24N2O5. The molecule has 7 heteroatoms. The molecule has 0 aromatic carbocycles. The Morgan fingerprint density at radius 1 is 1.25 bits per heavy atom. The molecule has 20 heavy (non-hydrogen) atoms. The van der Waals surface area contributed by atoms with Crippen LogP contribution in [0, 0.1) is 5.41 Å². The van der Waals surface area contributed by atoms with Crippen molar-refractivity contribution >= 4 is 18.0 Å². The monoisotopic (exact) mass is 288 g/mol. The molecule has 0 rings (SSSR count). The minimum Gasteiger partial charge on any atom is -0.481 e. The van der Waals surface area contributed by atoms with Gasteiger partial charge in [-0.15, -0.1) is 0 Å². The molecule has 0 saturated heterocycles. The Labute approximate surface area is 119 Å². The van der Waals surface area contributed by atoms with Gasteiger partial charge in [0.25, 0.3) is 0 Å². The molecule has 0 aliphatic rings. The van der Waals surface area contributed by atoms with Gasteiger partial charge in [-0.3, -0.25) is 9.59 Å². The number of hydrogen-bond acceptors (Lipinski definition) is 4. The van der Waals surface area contributed by atoms with Crippen LogP contribution in [0.15, 0.2) is 0 Å². The van der Waals surface area contributed by atoms with Crippen LogP contribution in [0.5, 0.6) is 0 Å². The lowest BCUT2D eigenvalue weighted by Crippen LogP contribution is -2.46. The first-order valence-electron chi connectivity index (χ1n) is 6.62. The van der Waals surface area contributed by atoms with E-state index in [-0.39, 0.29) is 19.5 Å². The average Bonchev–Trinajstić information content (AvgIpc) is 2.45. The molecule has 0 aromatic rings. The van der Waals surface area contributed by atoms with Gasteiger partial charge < -0.3 is 20.1 Å². The normalized spacial score (nSPS) is 10.8. The van der Waals surface area contributed by atoms with Gasteiger partial charge in [0.05, 0.1) is 18.9 Å². The van der Waals surface area contributed by atoms with Crippen molar-refractivity contribution < 1.29 is 24.2 Å². The van der Waals surface area contributed by atoms with Crippen LogP contribution in [0.4, 0.5) is 4.79 Å². The number of aliphatic carboxylic acids is 1. The molecule has 0 radical (unpaired) electrons. The van der Waals surface area contributed by atoms with E-state index in [1.54, 1.807) is 20.9 Å². The largest absolute Gasteiger partial charge is 0.481 e. The van der Waals surface area contributed by atoms with Gasteiger partial charge in [-0.2, -0.15) is 0 Å². The minimum absolute atomic E-state index is 0.0662. The molecular weight excluding hydrogens is 264 g/mol. The summed E-state index contributed by atoms with van der Waals surface area (Å²) < 4.78 is 4.49. The third-order valence-electron chi connectivity index (χ3n) is 3.61. The summed E-state index contributed by atoms with van der Waals surface area (Å²) in [6, 6.07) is -0.401. The highest BCUT2D eigenvalue weighted by molar-refractivity contribution is 5.78. The number of nitrogens with zero attached hydrogens (tertiary/aromatic N) is 1. The lowest BCUT2D eigenvalue weighted by atomic mass is 9.82. The molecule has 0 aromatic heterocycles. The molecule has 0 heterocycles. The number of rotatable bonds is 8. The zero-order valence-corrected chi connectivity index (χ0v) is 12.6. The molecule has 116 valence electrons. The van der Waals surface area contributed by atoms with E-state index in [0.29, 0.717) is 12.8 Å². The van der Waals surface area contributed by atoms with Crippen LogP contribution in [0.25, 0.3) is 0 Å². The number of nitrogens with one attached hydrogen (secondary N) is 1. The van der Waals surface area contributed by atoms with E-state index in [2.05, 4.69) is 10.1 Å². The summed E-state index contributed by atoms with van der Waals surface area (Å²) in [4.78, 5) is 35.4. The Balaban J connectivity index is 4.39. The van der Waals surface area contributed by atoms with Crippen LogP contribution in [0.1, 0.15) is 33.1 Å². The van der Waals surface area contributed by atoms with E-state index in [1.165, 1.54) is 12.0 Å². The van der Waals surface area contributed by atoms with Crippen LogP contribution in [0.3, 0.4) is 0 Å². The zero-order chi connectivity index (χ0) is 15.8. The van der Waals surface area contributed by atoms with E-state index in [1.807, 2.05) is 0 Å². The predicted octanol–water partition coefficient (Wildman–Crippen LogP) is 1.08. The van der Waals surface area contributed by atoms with Gasteiger partial charge in [-0.1, -0.05) is 13.8 Å². The number of hydrogen-bond donors (Lipinski definition) is 2. The van der Waals surface area contributed by atoms with E-state index in [4.69, 9.17) is 0 Å². The van der Waals surface area contributed by atoms with Crippen LogP contribution in [-0.2, 0) is 14.3 Å². The number of urea groups is 1. The number of carbonyl (C=O) groups is 3. The molecule has 0 aliphatic carbocycles. The van der Waals surface area contributed by atoms with Crippen molar-refractivity contribution in [3.63, 3.8) is 0 Å². The second-order valence-electron chi connectivity index (χ2n) is 4.70. The molecule has 2 N–H and O–H groups in total. The Kier molecular flexibility index (Phi) is 7.64. The summed E-state index contributed by atoms with van der Waals surface area (Å²) in [7, 11) is 2.82. The minimum atomic E-state index is -0.946. The van der Waals surface area contributed by atoms with E-state index >= 15 is 0 Å². The van der Waals surface area contributed by atoms with Crippen molar-refractivity contribution in [3.05, 3.63) is 0 Å². The summed E-state index contributed by atoms with van der Waals surface area (Å²) in [6.45, 7) is 3.85. The first-order valence-corrected chi connectivity index (χ1v) is 6.62. The fourth-order valence-electron chi connectivity index (χ4n) is 1.72. The Morgan fingerprint density at radius 3 is 2.20 bits per heavy atom. The maximum atomic E-state index is 11.8. The second-order valence-corrected chi connectivity index (χ2v) is 4.70. The lowest BCUT2D eigenvalue weighted by Gasteiger charge is -2.28. The topological polar surface area (TPSA) is 95.9 Å². The summed E-state index contributed by atoms with van der Waals surface area (Å²) in [5, 5.41) is 11.9. The standard InChI is InChI=1S/C13H24N2O5/c1-5-13(6-2,11(17)18)9-14-12(19)15(3)8-7-10(16)20-4/h5-9H2,1-4H3,(H,14,19)(H,17,18). The van der Waals surface area contributed by atoms with Gasteiger partial charge in [0, 0.05) is 20.1 Å². The number of carboxylic acid groups (broad SMARTS) is 1. The van der Waals surface area contributed by atoms with Gasteiger partial charge in [-0.05, 0) is 12.8 Å². The summed E-state index contributed by atoms with van der Waals surface area (Å²) in [6.07, 6.45) is 0.974. The van der Waals surface area contributed by atoms with Gasteiger partial charge >= 0.3 is 18.0 Å². The Morgan fingerprint density at radius 2 is 1.80 bits per heavy atom. The number of ether oxygens (including phenoxy) is 1. The van der Waals surface area contributed by atoms with Crippen LogP contribution < -0.4 is 5.32 Å². The van der Waals surface area contributed by atoms with Crippen molar-refractivity contribution in [1.29, 1.82) is 0 Å². The van der Waals surface area contributed by atoms with E-state index in [0.717, 1.165) is 0 Å². The molecule has 0 unspecified atom stereocenters. The molecule has 0 aliphatic heterocycles. The summed E-state index contributed by atoms with van der Waals surface area (Å²) >= 11 is 0. The van der Waals surface area contributed by atoms with Crippen molar-refractivity contribution in [3.8, 4) is 0 Å². The predicted molar refractivity (Wildman–Crippen MR) is 73.3 cm³/mol. The van der Waals surface area contributed by atoms with Crippen LogP contribution >= 0.6 is 0 Å². The third-order valence-corrected chi connectivity index (χ3v) is 3.61. The van der Waals surface area contributed by atoms with Gasteiger partial charge in [-0.25, -0.2) is 4.79 Å². The van der Waals surface area contributed by atoms with Gasteiger partial charge in [0.2, 0.25) is 0 Å². The van der Waals surface area contributed by atoms with Gasteiger partial charge in [0.1, 0.15) is 0 Å². The number of carbonyl (C=O) groups excluding carboxylic acids is 2. The highest BCUT2D eigenvalue weighted by atomic mass is 16.5. The molecule has 0 atom stereocenters. The molecule has 0 spiro atoms. The van der Waals surface area contributed by atoms with Crippen LogP contribution in [0.2, 0.25) is 0 Å². The van der Waals surface area contributed by atoms with Crippen molar-refractivity contribution in [2.45, 2.75) is 33.1 Å². The summed E-state index contributed by atoms with van der Waals surface area (Å²) in [5.41, 5.74) is -0.946. The quantitative estimate of drug-likeness (QED) is 0.652. The second kappa shape index (κ2) is 8.39. The molecule has 2 amide bonds. The highest BCUT2D eigenvalue weighted by Crippen LogP contribution is 2.25. The first-order chi connectivity index (χ1) is 9.32. The number of amides is 2. The first kappa shape index (κ1) is 18.2. The number of methoxy groups -OCH3 is 1. The number of carboxylic acids is 1. The van der Waals surface area contributed by atoms with E-state index < -0.39 is 23.4 Å². The Hall–Kier alpha value is -1.79. The maximum absolute atomic E-state index is 11.8. The molecule has 0 saturated carbocycles. The zero-order valence-electron chi connectivity index (χ0n) is 12.6. The fourth-order valence-corrected chi connectivity index (χ4v) is 1.72. The Bertz CT molecular complexity index is 353. The van der Waals surface area contributed by atoms with Crippen molar-refractivity contribution in [1.82, 2.24) is 10.2 Å². The summed E-state index contributed by atoms with van der Waals surface area (Å²) in [5.74, 6) is -1.31. The highest BCUT2D eigenvalue weighted by Gasteiger charge is 2.35. The number of esters is 1. The van der Waals surface area contributed by atoms with Gasteiger partial charge in [0.15, 0.2) is 0 Å². The molecule has 7 nitrogen and oxygen atoms in total. The maximum Gasteiger partial charge on any atom is 0.317 e. The third kappa shape index (κ3) is 5.07. The fraction of sp³-hybridized carbons (Fsp3) is 0.769. The smallest absolute Gasteiger partial charge is 0.317 e. The van der Waals surface area contributed by atoms with E-state index in [9.17, 15) is 19.5 Å². The van der Waals surface area contributed by atoms with Crippen LogP contribution in [-0.4, -0.2) is 55.2 Å². The SMILES string of the molecule is CCC(CC)(CNC(=O)N(C)CCC(=O)OC)C(=O)O.